The first-order chi connectivity index (χ1) is 13.8. The van der Waals surface area contributed by atoms with Crippen molar-refractivity contribution in [2.24, 2.45) is 0 Å². The summed E-state index contributed by atoms with van der Waals surface area (Å²) in [4.78, 5) is 22.1. The number of anilines is 1. The summed E-state index contributed by atoms with van der Waals surface area (Å²) in [6.07, 6.45) is 0. The molecule has 148 valence electrons. The van der Waals surface area contributed by atoms with E-state index in [4.69, 9.17) is 4.18 Å². The monoisotopic (exact) mass is 412 g/mol. The zero-order valence-electron chi connectivity index (χ0n) is 15.2. The number of nitro groups is 1. The molecule has 0 radical (unpaired) electrons. The average molecular weight is 412 g/mol. The molecule has 3 aromatic rings. The zero-order valence-corrected chi connectivity index (χ0v) is 16.0. The Morgan fingerprint density at radius 3 is 2.34 bits per heavy atom. The SMILES string of the molecule is Cc1ccccc1NC(=O)c1ccc(OS(=O)(=O)c2cccc([N+](=O)[O-])c2)cc1. The van der Waals surface area contributed by atoms with Crippen molar-refractivity contribution in [1.29, 1.82) is 0 Å². The second-order valence-electron chi connectivity index (χ2n) is 6.09. The van der Waals surface area contributed by atoms with Gasteiger partial charge in [0.2, 0.25) is 0 Å². The highest BCUT2D eigenvalue weighted by Gasteiger charge is 2.20. The quantitative estimate of drug-likeness (QED) is 0.373. The van der Waals surface area contributed by atoms with E-state index in [9.17, 15) is 23.3 Å². The van der Waals surface area contributed by atoms with Crippen molar-refractivity contribution in [3.63, 3.8) is 0 Å². The van der Waals surface area contributed by atoms with Crippen LogP contribution in [0.1, 0.15) is 15.9 Å². The molecule has 1 N–H and O–H groups in total. The maximum Gasteiger partial charge on any atom is 0.339 e. The molecular weight excluding hydrogens is 396 g/mol. The van der Waals surface area contributed by atoms with E-state index in [-0.39, 0.29) is 22.2 Å². The predicted octanol–water partition coefficient (Wildman–Crippen LogP) is 3.92. The summed E-state index contributed by atoms with van der Waals surface area (Å²) in [6.45, 7) is 1.87. The van der Waals surface area contributed by atoms with Crippen LogP contribution in [0.3, 0.4) is 0 Å². The topological polar surface area (TPSA) is 116 Å². The van der Waals surface area contributed by atoms with Crippen molar-refractivity contribution in [3.05, 3.63) is 94.0 Å². The number of carbonyl (C=O) groups is 1. The number of hydrogen-bond donors (Lipinski definition) is 1. The summed E-state index contributed by atoms with van der Waals surface area (Å²) in [5.41, 5.74) is 1.53. The Hall–Kier alpha value is -3.72. The Labute approximate surface area is 167 Å². The third-order valence-corrected chi connectivity index (χ3v) is 5.28. The third-order valence-electron chi connectivity index (χ3n) is 4.03. The zero-order chi connectivity index (χ0) is 21.0. The number of nitrogens with one attached hydrogen (secondary N) is 1. The van der Waals surface area contributed by atoms with Crippen LogP contribution in [-0.4, -0.2) is 19.2 Å². The molecule has 8 nitrogen and oxygen atoms in total. The van der Waals surface area contributed by atoms with E-state index in [0.29, 0.717) is 11.3 Å². The highest BCUT2D eigenvalue weighted by atomic mass is 32.2. The molecule has 0 saturated carbocycles. The van der Waals surface area contributed by atoms with Crippen LogP contribution in [0.5, 0.6) is 5.75 Å². The number of aryl methyl sites for hydroxylation is 1. The molecule has 0 aliphatic rings. The summed E-state index contributed by atoms with van der Waals surface area (Å²) in [7, 11) is -4.26. The van der Waals surface area contributed by atoms with Crippen molar-refractivity contribution in [3.8, 4) is 5.75 Å². The highest BCUT2D eigenvalue weighted by Crippen LogP contribution is 2.23. The van der Waals surface area contributed by atoms with Gasteiger partial charge < -0.3 is 9.50 Å². The lowest BCUT2D eigenvalue weighted by atomic mass is 10.1. The Morgan fingerprint density at radius 2 is 1.69 bits per heavy atom. The largest absolute Gasteiger partial charge is 0.379 e. The van der Waals surface area contributed by atoms with Crippen LogP contribution in [-0.2, 0) is 10.1 Å². The van der Waals surface area contributed by atoms with Crippen LogP contribution in [0.4, 0.5) is 11.4 Å². The molecule has 0 atom stereocenters. The Balaban J connectivity index is 1.75. The number of para-hydroxylation sites is 1. The summed E-state index contributed by atoms with van der Waals surface area (Å²) >= 11 is 0. The number of non-ortho nitro benzene ring substituents is 1. The first-order valence-corrected chi connectivity index (χ1v) is 9.83. The Morgan fingerprint density at radius 1 is 1.00 bits per heavy atom. The van der Waals surface area contributed by atoms with Crippen LogP contribution in [0.2, 0.25) is 0 Å². The van der Waals surface area contributed by atoms with Gasteiger partial charge in [-0.1, -0.05) is 24.3 Å². The highest BCUT2D eigenvalue weighted by molar-refractivity contribution is 7.87. The second-order valence-corrected chi connectivity index (χ2v) is 7.63. The lowest BCUT2D eigenvalue weighted by Crippen LogP contribution is -2.13. The summed E-state index contributed by atoms with van der Waals surface area (Å²) in [5.74, 6) is -0.378. The third kappa shape index (κ3) is 4.77. The Kier molecular flexibility index (Phi) is 5.60. The predicted molar refractivity (Wildman–Crippen MR) is 106 cm³/mol. The molecule has 0 bridgehead atoms. The van der Waals surface area contributed by atoms with Crippen LogP contribution >= 0.6 is 0 Å². The van der Waals surface area contributed by atoms with E-state index in [0.717, 1.165) is 11.6 Å². The van der Waals surface area contributed by atoms with Gasteiger partial charge in [-0.25, -0.2) is 0 Å². The van der Waals surface area contributed by atoms with Crippen LogP contribution in [0.25, 0.3) is 0 Å². The molecule has 3 rings (SSSR count). The minimum atomic E-state index is -4.26. The van der Waals surface area contributed by atoms with Crippen LogP contribution in [0.15, 0.2) is 77.7 Å². The summed E-state index contributed by atoms with van der Waals surface area (Å²) in [6, 6.07) is 17.4. The van der Waals surface area contributed by atoms with E-state index >= 15 is 0 Å². The van der Waals surface area contributed by atoms with Gasteiger partial charge in [-0.3, -0.25) is 14.9 Å². The molecule has 9 heteroatoms. The standard InChI is InChI=1S/C20H16N2O6S/c1-14-5-2-3-8-19(14)21-20(23)15-9-11-17(12-10-15)28-29(26,27)18-7-4-6-16(13-18)22(24)25/h2-13H,1H3,(H,21,23). The van der Waals surface area contributed by atoms with E-state index in [1.807, 2.05) is 19.1 Å². The first-order valence-electron chi connectivity index (χ1n) is 8.42. The molecule has 29 heavy (non-hydrogen) atoms. The molecular formula is C20H16N2O6S. The maximum atomic E-state index is 12.4. The van der Waals surface area contributed by atoms with Gasteiger partial charge in [-0.15, -0.1) is 0 Å². The van der Waals surface area contributed by atoms with Gasteiger partial charge in [0.15, 0.2) is 0 Å². The number of benzene rings is 3. The fourth-order valence-electron chi connectivity index (χ4n) is 2.50. The van der Waals surface area contributed by atoms with Gasteiger partial charge in [0.1, 0.15) is 10.6 Å². The van der Waals surface area contributed by atoms with Gasteiger partial charge in [-0.2, -0.15) is 8.42 Å². The van der Waals surface area contributed by atoms with E-state index < -0.39 is 15.0 Å². The van der Waals surface area contributed by atoms with Crippen molar-refractivity contribution < 1.29 is 22.3 Å². The van der Waals surface area contributed by atoms with Crippen LogP contribution < -0.4 is 9.50 Å². The van der Waals surface area contributed by atoms with Crippen molar-refractivity contribution in [1.82, 2.24) is 0 Å². The van der Waals surface area contributed by atoms with Gasteiger partial charge in [0, 0.05) is 23.4 Å². The number of amides is 1. The number of carbonyl (C=O) groups excluding carboxylic acids is 1. The molecule has 0 saturated heterocycles. The average Bonchev–Trinajstić information content (AvgIpc) is 2.70. The van der Waals surface area contributed by atoms with E-state index in [1.54, 1.807) is 12.1 Å². The minimum absolute atomic E-state index is 0.0241. The van der Waals surface area contributed by atoms with Crippen molar-refractivity contribution >= 4 is 27.4 Å². The molecule has 0 fully saturated rings. The van der Waals surface area contributed by atoms with Gasteiger partial charge in [0.25, 0.3) is 11.6 Å². The number of rotatable bonds is 6. The van der Waals surface area contributed by atoms with Crippen molar-refractivity contribution in [2.75, 3.05) is 5.32 Å². The molecule has 0 unspecified atom stereocenters. The molecule has 3 aromatic carbocycles. The van der Waals surface area contributed by atoms with Gasteiger partial charge >= 0.3 is 10.1 Å². The smallest absolute Gasteiger partial charge is 0.339 e. The molecule has 1 amide bonds. The van der Waals surface area contributed by atoms with Crippen LogP contribution in [0, 0.1) is 17.0 Å². The van der Waals surface area contributed by atoms with Gasteiger partial charge in [0.05, 0.1) is 4.92 Å². The molecule has 0 heterocycles. The number of hydrogen-bond acceptors (Lipinski definition) is 6. The van der Waals surface area contributed by atoms with E-state index in [1.165, 1.54) is 42.5 Å². The number of nitro benzene ring substituents is 1. The fourth-order valence-corrected chi connectivity index (χ4v) is 3.47. The normalized spacial score (nSPS) is 10.9. The lowest BCUT2D eigenvalue weighted by molar-refractivity contribution is -0.385. The minimum Gasteiger partial charge on any atom is -0.379 e. The summed E-state index contributed by atoms with van der Waals surface area (Å²) in [5, 5.41) is 13.6. The van der Waals surface area contributed by atoms with E-state index in [2.05, 4.69) is 5.32 Å². The maximum absolute atomic E-state index is 12.4. The lowest BCUT2D eigenvalue weighted by Gasteiger charge is -2.09. The molecule has 0 spiro atoms. The molecule has 0 aromatic heterocycles. The second kappa shape index (κ2) is 8.11. The number of nitrogens with zero attached hydrogens (tertiary/aromatic N) is 1. The molecule has 0 aliphatic carbocycles. The van der Waals surface area contributed by atoms with Crippen molar-refractivity contribution in [2.45, 2.75) is 11.8 Å². The Bertz CT molecular complexity index is 1170. The molecule has 0 aliphatic heterocycles. The van der Waals surface area contributed by atoms with Gasteiger partial charge in [-0.05, 0) is 48.9 Å². The summed E-state index contributed by atoms with van der Waals surface area (Å²) < 4.78 is 29.7. The fraction of sp³-hybridized carbons (Fsp3) is 0.0500. The first kappa shape index (κ1) is 20.0.